The monoisotopic (exact) mass is 588 g/mol. The zero-order valence-electron chi connectivity index (χ0n) is 17.0. The molecule has 2 rings (SSSR count). The molecule has 2 N–H and O–H groups in total. The van der Waals surface area contributed by atoms with Crippen LogP contribution in [0.5, 0.6) is 0 Å². The van der Waals surface area contributed by atoms with Crippen LogP contribution in [0.1, 0.15) is 21.5 Å². The third-order valence-electron chi connectivity index (χ3n) is 4.58. The van der Waals surface area contributed by atoms with Crippen LogP contribution in [0.2, 0.25) is 0 Å². The highest BCUT2D eigenvalue weighted by Crippen LogP contribution is 2.55. The van der Waals surface area contributed by atoms with Gasteiger partial charge in [-0.2, -0.15) is 39.5 Å². The summed E-state index contributed by atoms with van der Waals surface area (Å²) in [4.78, 5) is 12.9. The van der Waals surface area contributed by atoms with E-state index < -0.39 is 81.3 Å². The maximum atomic E-state index is 14.5. The van der Waals surface area contributed by atoms with E-state index in [0.717, 1.165) is 25.3 Å². The van der Waals surface area contributed by atoms with Crippen molar-refractivity contribution in [2.24, 2.45) is 0 Å². The summed E-state index contributed by atoms with van der Waals surface area (Å²) in [7, 11) is 0.880. The van der Waals surface area contributed by atoms with Gasteiger partial charge in [0.25, 0.3) is 5.91 Å². The largest absolute Gasteiger partial charge is 0.435 e. The van der Waals surface area contributed by atoms with Crippen LogP contribution in [0.4, 0.5) is 59.7 Å². The second-order valence-corrected chi connectivity index (χ2v) is 7.72. The Morgan fingerprint density at radius 1 is 1.00 bits per heavy atom. The lowest BCUT2D eigenvalue weighted by atomic mass is 9.91. The zero-order valence-corrected chi connectivity index (χ0v) is 18.6. The number of methoxy groups -OCH3 is 1. The van der Waals surface area contributed by atoms with E-state index in [1.807, 2.05) is 0 Å². The number of hydrogen-bond donors (Lipinski definition) is 1. The van der Waals surface area contributed by atoms with E-state index in [1.165, 1.54) is 0 Å². The molecule has 0 aliphatic carbocycles. The van der Waals surface area contributed by atoms with Crippen LogP contribution in [0.25, 0.3) is 0 Å². The lowest BCUT2D eigenvalue weighted by molar-refractivity contribution is -0.348. The molecule has 0 fully saturated rings. The molecule has 0 aromatic heterocycles. The normalized spacial score (nSPS) is 13.2. The molecular formula is C19H12BrF11N2O2. The van der Waals surface area contributed by atoms with Crippen LogP contribution < -0.4 is 10.6 Å². The van der Waals surface area contributed by atoms with Crippen LogP contribution in [-0.2, 0) is 16.6 Å². The molecule has 0 aliphatic heterocycles. The van der Waals surface area contributed by atoms with E-state index in [-0.39, 0.29) is 11.0 Å². The van der Waals surface area contributed by atoms with E-state index in [9.17, 15) is 53.1 Å². The molecule has 0 radical (unpaired) electrons. The Morgan fingerprint density at radius 3 is 2.00 bits per heavy atom. The highest BCUT2D eigenvalue weighted by Gasteiger charge is 2.73. The van der Waals surface area contributed by atoms with Crippen molar-refractivity contribution in [3.8, 4) is 0 Å². The lowest BCUT2D eigenvalue weighted by Gasteiger charge is -2.32. The number of rotatable bonds is 5. The number of hydrogen-bond acceptors (Lipinski definition) is 3. The Hall–Kier alpha value is -2.62. The highest BCUT2D eigenvalue weighted by molar-refractivity contribution is 9.10. The number of benzene rings is 2. The van der Waals surface area contributed by atoms with E-state index in [0.29, 0.717) is 0 Å². The summed E-state index contributed by atoms with van der Waals surface area (Å²) in [6.07, 6.45) is -19.1. The minimum Gasteiger partial charge on any atom is -0.396 e. The molecule has 1 amide bonds. The number of carbonyl (C=O) groups is 1. The molecule has 16 heteroatoms. The number of nitrogen functional groups attached to an aromatic ring is 1. The number of carbonyl (C=O) groups excluding carboxylic acids is 1. The molecule has 0 aliphatic rings. The minimum absolute atomic E-state index is 0.0790. The van der Waals surface area contributed by atoms with Gasteiger partial charge in [0, 0.05) is 17.1 Å². The van der Waals surface area contributed by atoms with Gasteiger partial charge in [-0.25, -0.2) is 8.78 Å². The predicted molar refractivity (Wildman–Crippen MR) is 104 cm³/mol. The number of ether oxygens (including phenoxy) is 1. The Kier molecular flexibility index (Phi) is 7.72. The molecule has 0 bridgehead atoms. The van der Waals surface area contributed by atoms with Gasteiger partial charge in [0.2, 0.25) is 0 Å². The average molecular weight is 589 g/mol. The Labute approximate surface area is 197 Å². The molecular weight excluding hydrogens is 577 g/mol. The van der Waals surface area contributed by atoms with Crippen molar-refractivity contribution < 1.29 is 57.8 Å². The lowest BCUT2D eigenvalue weighted by Crippen LogP contribution is -2.50. The zero-order chi connectivity index (χ0) is 27.1. The molecule has 0 unspecified atom stereocenters. The van der Waals surface area contributed by atoms with E-state index in [2.05, 4.69) is 20.7 Å². The predicted octanol–water partition coefficient (Wildman–Crippen LogP) is 6.73. The second kappa shape index (κ2) is 9.44. The SMILES string of the molecule is COCN(C(=O)c1cccc(N)c1F)c1c(Br)cc(C(F)(C(F)(F)F)C(F)(F)F)cc1C(F)(F)F. The molecule has 4 nitrogen and oxygen atoms in total. The molecule has 0 spiro atoms. The van der Waals surface area contributed by atoms with Crippen molar-refractivity contribution in [2.75, 3.05) is 24.5 Å². The highest BCUT2D eigenvalue weighted by atomic mass is 79.9. The summed E-state index contributed by atoms with van der Waals surface area (Å²) < 4.78 is 152. The van der Waals surface area contributed by atoms with Gasteiger partial charge in [0.05, 0.1) is 22.5 Å². The van der Waals surface area contributed by atoms with Gasteiger partial charge in [0.15, 0.2) is 5.82 Å². The van der Waals surface area contributed by atoms with Crippen molar-refractivity contribution in [3.63, 3.8) is 0 Å². The second-order valence-electron chi connectivity index (χ2n) is 6.87. The molecule has 0 saturated heterocycles. The smallest absolute Gasteiger partial charge is 0.396 e. The average Bonchev–Trinajstić information content (AvgIpc) is 2.70. The van der Waals surface area contributed by atoms with E-state index in [1.54, 1.807) is 0 Å². The molecule has 194 valence electrons. The standard InChI is InChI=1S/C19H12BrF11N2O2/c1-35-7-33(15(34)9-3-2-4-12(32)13(9)21)14-10(17(23,24)25)5-8(6-11(14)20)16(22,18(26,27)28)19(29,30)31/h2-6H,7,32H2,1H3. The molecule has 2 aromatic carbocycles. The Morgan fingerprint density at radius 2 is 1.54 bits per heavy atom. The Balaban J connectivity index is 2.90. The van der Waals surface area contributed by atoms with Crippen LogP contribution in [0, 0.1) is 5.82 Å². The number of alkyl halides is 10. The first-order valence-corrected chi connectivity index (χ1v) is 9.66. The molecule has 0 atom stereocenters. The maximum absolute atomic E-state index is 14.5. The van der Waals surface area contributed by atoms with Crippen molar-refractivity contribution in [3.05, 3.63) is 57.3 Å². The fraction of sp³-hybridized carbons (Fsp3) is 0.316. The number of anilines is 2. The first-order valence-electron chi connectivity index (χ1n) is 8.87. The third-order valence-corrected chi connectivity index (χ3v) is 5.18. The van der Waals surface area contributed by atoms with Crippen molar-refractivity contribution >= 4 is 33.2 Å². The summed E-state index contributed by atoms with van der Waals surface area (Å²) in [6, 6.07) is 1.94. The summed E-state index contributed by atoms with van der Waals surface area (Å²) >= 11 is 2.39. The first kappa shape index (κ1) is 28.6. The van der Waals surface area contributed by atoms with Gasteiger partial charge in [-0.15, -0.1) is 0 Å². The number of nitrogens with two attached hydrogens (primary N) is 1. The number of halogens is 12. The van der Waals surface area contributed by atoms with Gasteiger partial charge in [0.1, 0.15) is 6.73 Å². The van der Waals surface area contributed by atoms with E-state index >= 15 is 0 Å². The van der Waals surface area contributed by atoms with Crippen LogP contribution in [-0.4, -0.2) is 32.1 Å². The summed E-state index contributed by atoms with van der Waals surface area (Å²) in [5.41, 5.74) is -8.44. The molecule has 0 heterocycles. The van der Waals surface area contributed by atoms with Gasteiger partial charge in [-0.1, -0.05) is 6.07 Å². The summed E-state index contributed by atoms with van der Waals surface area (Å²) in [6.45, 7) is -1.08. The van der Waals surface area contributed by atoms with Gasteiger partial charge in [-0.05, 0) is 40.2 Å². The van der Waals surface area contributed by atoms with Gasteiger partial charge < -0.3 is 10.5 Å². The van der Waals surface area contributed by atoms with Crippen LogP contribution in [0.15, 0.2) is 34.8 Å². The fourth-order valence-corrected chi connectivity index (χ4v) is 3.66. The quantitative estimate of drug-likeness (QED) is 0.239. The molecule has 35 heavy (non-hydrogen) atoms. The molecule has 0 saturated carbocycles. The van der Waals surface area contributed by atoms with Crippen molar-refractivity contribution in [2.45, 2.75) is 24.2 Å². The van der Waals surface area contributed by atoms with Crippen LogP contribution >= 0.6 is 15.9 Å². The molecule has 2 aromatic rings. The summed E-state index contributed by atoms with van der Waals surface area (Å²) in [5, 5.41) is 0. The number of amides is 1. The van der Waals surface area contributed by atoms with Gasteiger partial charge >= 0.3 is 24.2 Å². The van der Waals surface area contributed by atoms with Crippen molar-refractivity contribution in [1.29, 1.82) is 0 Å². The van der Waals surface area contributed by atoms with Crippen molar-refractivity contribution in [1.82, 2.24) is 0 Å². The van der Waals surface area contributed by atoms with E-state index in [4.69, 9.17) is 5.73 Å². The maximum Gasteiger partial charge on any atom is 0.435 e. The topological polar surface area (TPSA) is 55.6 Å². The fourth-order valence-electron chi connectivity index (χ4n) is 2.99. The summed E-state index contributed by atoms with van der Waals surface area (Å²) in [5.74, 6) is -2.91. The Bertz CT molecular complexity index is 1100. The number of nitrogens with zero attached hydrogens (tertiary/aromatic N) is 1. The first-order chi connectivity index (χ1) is 15.8. The minimum atomic E-state index is -6.71. The third kappa shape index (κ3) is 5.17. The van der Waals surface area contributed by atoms with Crippen LogP contribution in [0.3, 0.4) is 0 Å². The van der Waals surface area contributed by atoms with Gasteiger partial charge in [-0.3, -0.25) is 9.69 Å².